The van der Waals surface area contributed by atoms with Crippen molar-refractivity contribution in [2.45, 2.75) is 25.8 Å². The van der Waals surface area contributed by atoms with Gasteiger partial charge in [0.15, 0.2) is 0 Å². The topological polar surface area (TPSA) is 29.9 Å². The number of benzene rings is 1. The second-order valence-electron chi connectivity index (χ2n) is 4.78. The van der Waals surface area contributed by atoms with E-state index in [1.165, 1.54) is 5.56 Å². The number of aryl methyl sites for hydroxylation is 2. The van der Waals surface area contributed by atoms with Crippen molar-refractivity contribution in [3.8, 4) is 0 Å². The highest BCUT2D eigenvalue weighted by Crippen LogP contribution is 2.25. The zero-order valence-electron chi connectivity index (χ0n) is 11.7. The van der Waals surface area contributed by atoms with Gasteiger partial charge in [0.1, 0.15) is 5.82 Å². The minimum Gasteiger partial charge on any atom is -0.338 e. The normalized spacial score (nSPS) is 12.6. The Labute approximate surface area is 138 Å². The van der Waals surface area contributed by atoms with Crippen LogP contribution < -0.4 is 5.32 Å². The lowest BCUT2D eigenvalue weighted by atomic mass is 10.0. The van der Waals surface area contributed by atoms with E-state index in [4.69, 9.17) is 11.6 Å². The van der Waals surface area contributed by atoms with Gasteiger partial charge in [-0.05, 0) is 53.3 Å². The Morgan fingerprint density at radius 1 is 1.45 bits per heavy atom. The lowest BCUT2D eigenvalue weighted by Crippen LogP contribution is -2.22. The van der Waals surface area contributed by atoms with Crippen molar-refractivity contribution in [2.75, 3.05) is 6.54 Å². The lowest BCUT2D eigenvalue weighted by Gasteiger charge is -2.19. The average Bonchev–Trinajstić information content (AvgIpc) is 2.83. The summed E-state index contributed by atoms with van der Waals surface area (Å²) in [6, 6.07) is 6.60. The molecule has 0 fully saturated rings. The zero-order valence-corrected chi connectivity index (χ0v) is 14.6. The van der Waals surface area contributed by atoms with Crippen LogP contribution in [-0.2, 0) is 13.5 Å². The van der Waals surface area contributed by atoms with Crippen LogP contribution in [0.2, 0.25) is 5.02 Å². The largest absolute Gasteiger partial charge is 0.338 e. The van der Waals surface area contributed by atoms with Gasteiger partial charge < -0.3 is 9.88 Å². The number of halogens is 2. The number of nitrogens with one attached hydrogen (secondary N) is 1. The van der Waals surface area contributed by atoms with Crippen LogP contribution in [-0.4, -0.2) is 16.1 Å². The van der Waals surface area contributed by atoms with Crippen LogP contribution in [0, 0.1) is 3.57 Å². The number of hydrogen-bond acceptors (Lipinski definition) is 2. The van der Waals surface area contributed by atoms with E-state index >= 15 is 0 Å². The Morgan fingerprint density at radius 2 is 2.25 bits per heavy atom. The second kappa shape index (κ2) is 7.43. The number of nitrogens with zero attached hydrogens (tertiary/aromatic N) is 2. The first-order valence-corrected chi connectivity index (χ1v) is 8.22. The molecule has 0 saturated heterocycles. The van der Waals surface area contributed by atoms with Gasteiger partial charge >= 0.3 is 0 Å². The number of imidazole rings is 1. The summed E-state index contributed by atoms with van der Waals surface area (Å²) >= 11 is 8.49. The Hall–Kier alpha value is -0.590. The molecule has 0 spiro atoms. The third kappa shape index (κ3) is 3.96. The van der Waals surface area contributed by atoms with E-state index in [-0.39, 0.29) is 0 Å². The fourth-order valence-corrected chi connectivity index (χ4v) is 2.80. The molecule has 1 N–H and O–H groups in total. The minimum atomic E-state index is 0.311. The molecule has 1 aromatic heterocycles. The molecule has 3 nitrogen and oxygen atoms in total. The van der Waals surface area contributed by atoms with E-state index in [0.717, 1.165) is 33.8 Å². The van der Waals surface area contributed by atoms with E-state index in [1.54, 1.807) is 0 Å². The van der Waals surface area contributed by atoms with Gasteiger partial charge in [0.25, 0.3) is 0 Å². The van der Waals surface area contributed by atoms with Crippen molar-refractivity contribution in [1.82, 2.24) is 14.9 Å². The monoisotopic (exact) mass is 403 g/mol. The van der Waals surface area contributed by atoms with E-state index in [0.29, 0.717) is 6.04 Å². The molecular formula is C15H19ClIN3. The molecule has 0 aliphatic carbocycles. The van der Waals surface area contributed by atoms with Crippen molar-refractivity contribution in [3.05, 3.63) is 50.6 Å². The highest BCUT2D eigenvalue weighted by molar-refractivity contribution is 14.1. The highest BCUT2D eigenvalue weighted by Gasteiger charge is 2.13. The molecule has 1 atom stereocenters. The summed E-state index contributed by atoms with van der Waals surface area (Å²) in [6.45, 7) is 3.07. The van der Waals surface area contributed by atoms with Crippen molar-refractivity contribution < 1.29 is 0 Å². The molecule has 0 amide bonds. The molecule has 0 aliphatic heterocycles. The molecular weight excluding hydrogens is 385 g/mol. The number of aromatic nitrogens is 2. The lowest BCUT2D eigenvalue weighted by molar-refractivity contribution is 0.505. The summed E-state index contributed by atoms with van der Waals surface area (Å²) in [7, 11) is 2.03. The third-order valence-electron chi connectivity index (χ3n) is 3.37. The Balaban J connectivity index is 2.10. The van der Waals surface area contributed by atoms with Crippen molar-refractivity contribution >= 4 is 34.2 Å². The van der Waals surface area contributed by atoms with E-state index in [1.807, 2.05) is 19.4 Å². The van der Waals surface area contributed by atoms with Gasteiger partial charge in [-0.25, -0.2) is 4.98 Å². The summed E-state index contributed by atoms with van der Waals surface area (Å²) in [5.74, 6) is 1.12. The minimum absolute atomic E-state index is 0.311. The predicted molar refractivity (Wildman–Crippen MR) is 92.1 cm³/mol. The molecule has 2 rings (SSSR count). The highest BCUT2D eigenvalue weighted by atomic mass is 127. The van der Waals surface area contributed by atoms with Crippen LogP contribution in [0.5, 0.6) is 0 Å². The smallest absolute Gasteiger partial charge is 0.108 e. The van der Waals surface area contributed by atoms with E-state index < -0.39 is 0 Å². The fourth-order valence-electron chi connectivity index (χ4n) is 2.27. The van der Waals surface area contributed by atoms with E-state index in [9.17, 15) is 0 Å². The summed E-state index contributed by atoms with van der Waals surface area (Å²) < 4.78 is 3.16. The molecule has 0 saturated carbocycles. The number of rotatable bonds is 6. The van der Waals surface area contributed by atoms with Gasteiger partial charge in [0, 0.05) is 35.5 Å². The van der Waals surface area contributed by atoms with Crippen LogP contribution in [0.3, 0.4) is 0 Å². The van der Waals surface area contributed by atoms with Crippen LogP contribution in [0.1, 0.15) is 30.8 Å². The maximum absolute atomic E-state index is 6.23. The molecule has 0 radical (unpaired) electrons. The van der Waals surface area contributed by atoms with Crippen molar-refractivity contribution in [2.24, 2.45) is 7.05 Å². The molecule has 2 aromatic rings. The SMILES string of the molecule is CCNC(CCc1nccn1C)c1ccc(I)c(Cl)c1. The quantitative estimate of drug-likeness (QED) is 0.740. The fraction of sp³-hybridized carbons (Fsp3) is 0.400. The first kappa shape index (κ1) is 15.8. The first-order chi connectivity index (χ1) is 9.61. The van der Waals surface area contributed by atoms with Gasteiger partial charge in [-0.1, -0.05) is 24.6 Å². The molecule has 1 heterocycles. The molecule has 108 valence electrons. The zero-order chi connectivity index (χ0) is 14.5. The molecule has 1 unspecified atom stereocenters. The van der Waals surface area contributed by atoms with Gasteiger partial charge in [-0.15, -0.1) is 0 Å². The summed E-state index contributed by atoms with van der Waals surface area (Å²) in [5.41, 5.74) is 1.24. The molecule has 5 heteroatoms. The van der Waals surface area contributed by atoms with Gasteiger partial charge in [0.05, 0.1) is 5.02 Å². The van der Waals surface area contributed by atoms with Gasteiger partial charge in [-0.2, -0.15) is 0 Å². The van der Waals surface area contributed by atoms with Crippen molar-refractivity contribution in [1.29, 1.82) is 0 Å². The van der Waals surface area contributed by atoms with Crippen LogP contribution in [0.15, 0.2) is 30.6 Å². The molecule has 1 aromatic carbocycles. The molecule has 20 heavy (non-hydrogen) atoms. The average molecular weight is 404 g/mol. The van der Waals surface area contributed by atoms with Gasteiger partial charge in [0.2, 0.25) is 0 Å². The number of hydrogen-bond donors (Lipinski definition) is 1. The summed E-state index contributed by atoms with van der Waals surface area (Å²) in [6.07, 6.45) is 5.79. The third-order valence-corrected chi connectivity index (χ3v) is 4.95. The molecule has 0 bridgehead atoms. The van der Waals surface area contributed by atoms with Crippen LogP contribution in [0.4, 0.5) is 0 Å². The van der Waals surface area contributed by atoms with E-state index in [2.05, 4.69) is 62.6 Å². The standard InChI is InChI=1S/C15H19ClIN3/c1-3-18-14(6-7-15-19-8-9-20(15)2)11-4-5-13(17)12(16)10-11/h4-5,8-10,14,18H,3,6-7H2,1-2H3. The first-order valence-electron chi connectivity index (χ1n) is 6.76. The maximum atomic E-state index is 6.23. The summed E-state index contributed by atoms with van der Waals surface area (Å²) in [5, 5.41) is 4.35. The Bertz CT molecular complexity index is 568. The van der Waals surface area contributed by atoms with Crippen molar-refractivity contribution in [3.63, 3.8) is 0 Å². The molecule has 0 aliphatic rings. The predicted octanol–water partition coefficient (Wildman–Crippen LogP) is 3.96. The van der Waals surface area contributed by atoms with Gasteiger partial charge in [-0.3, -0.25) is 0 Å². The maximum Gasteiger partial charge on any atom is 0.108 e. The second-order valence-corrected chi connectivity index (χ2v) is 6.35. The summed E-state index contributed by atoms with van der Waals surface area (Å²) in [4.78, 5) is 4.38. The van der Waals surface area contributed by atoms with Crippen LogP contribution >= 0.6 is 34.2 Å². The van der Waals surface area contributed by atoms with Crippen LogP contribution in [0.25, 0.3) is 0 Å². The Morgan fingerprint density at radius 3 is 2.85 bits per heavy atom. The Kier molecular flexibility index (Phi) is 5.86.